The number of carbonyl (C=O) groups is 1. The molecule has 1 amide bonds. The molecule has 0 aromatic heterocycles. The van der Waals surface area contributed by atoms with Gasteiger partial charge in [-0.25, -0.2) is 13.1 Å². The number of nitrogens with one attached hydrogen (secondary N) is 2. The summed E-state index contributed by atoms with van der Waals surface area (Å²) in [5.41, 5.74) is 6.08. The smallest absolute Gasteiger partial charge is 0.251 e. The van der Waals surface area contributed by atoms with Gasteiger partial charge in [0.05, 0.1) is 4.90 Å². The van der Waals surface area contributed by atoms with Crippen LogP contribution in [-0.4, -0.2) is 33.0 Å². The van der Waals surface area contributed by atoms with Crippen LogP contribution >= 0.6 is 0 Å². The summed E-state index contributed by atoms with van der Waals surface area (Å²) in [4.78, 5) is 12.3. The average Bonchev–Trinajstić information content (AvgIpc) is 2.50. The fourth-order valence-electron chi connectivity index (χ4n) is 2.13. The molecule has 0 bridgehead atoms. The maximum atomic E-state index is 12.2. The SMILES string of the molecule is CCCCC(CN)NC(=O)c1ccc(S(=O)(=O)NC(C)C)cc1. The second-order valence-electron chi connectivity index (χ2n) is 5.85. The average molecular weight is 341 g/mol. The summed E-state index contributed by atoms with van der Waals surface area (Å²) in [6.07, 6.45) is 2.88. The summed E-state index contributed by atoms with van der Waals surface area (Å²) >= 11 is 0. The van der Waals surface area contributed by atoms with Gasteiger partial charge in [-0.3, -0.25) is 4.79 Å². The number of hydrogen-bond donors (Lipinski definition) is 3. The molecule has 1 aromatic rings. The fourth-order valence-corrected chi connectivity index (χ4v) is 3.38. The van der Waals surface area contributed by atoms with E-state index in [0.717, 1.165) is 19.3 Å². The highest BCUT2D eigenvalue weighted by Gasteiger charge is 2.17. The third kappa shape index (κ3) is 6.29. The van der Waals surface area contributed by atoms with Crippen molar-refractivity contribution in [3.05, 3.63) is 29.8 Å². The first kappa shape index (κ1) is 19.6. The number of amides is 1. The molecule has 130 valence electrons. The van der Waals surface area contributed by atoms with Crippen LogP contribution in [0.25, 0.3) is 0 Å². The Morgan fingerprint density at radius 2 is 1.83 bits per heavy atom. The zero-order valence-corrected chi connectivity index (χ0v) is 14.8. The van der Waals surface area contributed by atoms with Gasteiger partial charge in [-0.05, 0) is 44.5 Å². The van der Waals surface area contributed by atoms with E-state index in [2.05, 4.69) is 17.0 Å². The van der Waals surface area contributed by atoms with E-state index in [9.17, 15) is 13.2 Å². The fraction of sp³-hybridized carbons (Fsp3) is 0.562. The van der Waals surface area contributed by atoms with Crippen molar-refractivity contribution in [2.45, 2.75) is 57.0 Å². The lowest BCUT2D eigenvalue weighted by Crippen LogP contribution is -2.40. The van der Waals surface area contributed by atoms with Crippen molar-refractivity contribution in [3.8, 4) is 0 Å². The molecule has 0 saturated heterocycles. The Morgan fingerprint density at radius 1 is 1.22 bits per heavy atom. The number of unbranched alkanes of at least 4 members (excludes halogenated alkanes) is 1. The Labute approximate surface area is 138 Å². The largest absolute Gasteiger partial charge is 0.348 e. The van der Waals surface area contributed by atoms with Crippen LogP contribution in [0.1, 0.15) is 50.4 Å². The van der Waals surface area contributed by atoms with Crippen molar-refractivity contribution in [1.29, 1.82) is 0 Å². The van der Waals surface area contributed by atoms with E-state index in [0.29, 0.717) is 12.1 Å². The van der Waals surface area contributed by atoms with E-state index in [1.165, 1.54) is 24.3 Å². The molecule has 4 N–H and O–H groups in total. The zero-order valence-electron chi connectivity index (χ0n) is 14.0. The Balaban J connectivity index is 2.78. The number of hydrogen-bond acceptors (Lipinski definition) is 4. The van der Waals surface area contributed by atoms with Gasteiger partial charge >= 0.3 is 0 Å². The monoisotopic (exact) mass is 341 g/mol. The standard InChI is InChI=1S/C16H27N3O3S/c1-4-5-6-14(11-17)18-16(20)13-7-9-15(10-8-13)23(21,22)19-12(2)3/h7-10,12,14,19H,4-6,11,17H2,1-3H3,(H,18,20). The van der Waals surface area contributed by atoms with Crippen molar-refractivity contribution < 1.29 is 13.2 Å². The third-order valence-electron chi connectivity index (χ3n) is 3.34. The lowest BCUT2D eigenvalue weighted by Gasteiger charge is -2.16. The van der Waals surface area contributed by atoms with Crippen LogP contribution in [0, 0.1) is 0 Å². The lowest BCUT2D eigenvalue weighted by molar-refractivity contribution is 0.0935. The molecule has 1 unspecified atom stereocenters. The first-order chi connectivity index (χ1) is 10.8. The van der Waals surface area contributed by atoms with Crippen LogP contribution in [0.15, 0.2) is 29.2 Å². The van der Waals surface area contributed by atoms with Crippen LogP contribution in [0.3, 0.4) is 0 Å². The van der Waals surface area contributed by atoms with Crippen molar-refractivity contribution in [3.63, 3.8) is 0 Å². The molecule has 7 heteroatoms. The molecule has 23 heavy (non-hydrogen) atoms. The minimum Gasteiger partial charge on any atom is -0.348 e. The lowest BCUT2D eigenvalue weighted by atomic mass is 10.1. The van der Waals surface area contributed by atoms with Crippen molar-refractivity contribution in [2.24, 2.45) is 5.73 Å². The van der Waals surface area contributed by atoms with Gasteiger partial charge in [-0.1, -0.05) is 19.8 Å². The molecule has 1 atom stereocenters. The van der Waals surface area contributed by atoms with Gasteiger partial charge in [0, 0.05) is 24.2 Å². The molecule has 1 rings (SSSR count). The summed E-state index contributed by atoms with van der Waals surface area (Å²) in [6.45, 7) is 5.97. The topological polar surface area (TPSA) is 101 Å². The van der Waals surface area contributed by atoms with Gasteiger partial charge in [0.25, 0.3) is 5.91 Å². The third-order valence-corrected chi connectivity index (χ3v) is 5.02. The first-order valence-electron chi connectivity index (χ1n) is 7.93. The predicted molar refractivity (Wildman–Crippen MR) is 91.7 cm³/mol. The molecule has 0 fully saturated rings. The highest BCUT2D eigenvalue weighted by Crippen LogP contribution is 2.11. The summed E-state index contributed by atoms with van der Waals surface area (Å²) in [7, 11) is -3.54. The molecule has 0 aliphatic rings. The van der Waals surface area contributed by atoms with Crippen LogP contribution < -0.4 is 15.8 Å². The van der Waals surface area contributed by atoms with E-state index in [4.69, 9.17) is 5.73 Å². The van der Waals surface area contributed by atoms with Crippen LogP contribution in [0.5, 0.6) is 0 Å². The molecule has 0 aliphatic heterocycles. The number of rotatable bonds is 9. The van der Waals surface area contributed by atoms with E-state index >= 15 is 0 Å². The first-order valence-corrected chi connectivity index (χ1v) is 9.41. The van der Waals surface area contributed by atoms with E-state index in [-0.39, 0.29) is 22.9 Å². The summed E-state index contributed by atoms with van der Waals surface area (Å²) in [5.74, 6) is -0.239. The Kier molecular flexibility index (Phi) is 7.67. The van der Waals surface area contributed by atoms with Gasteiger partial charge in [-0.2, -0.15) is 0 Å². The summed E-state index contributed by atoms with van der Waals surface area (Å²) in [6, 6.07) is 5.64. The maximum absolute atomic E-state index is 12.2. The summed E-state index contributed by atoms with van der Waals surface area (Å²) < 4.78 is 26.6. The quantitative estimate of drug-likeness (QED) is 0.635. The number of sulfonamides is 1. The second kappa shape index (κ2) is 9.00. The minimum absolute atomic E-state index is 0.0616. The van der Waals surface area contributed by atoms with Gasteiger partial charge in [-0.15, -0.1) is 0 Å². The van der Waals surface area contributed by atoms with Gasteiger partial charge in [0.1, 0.15) is 0 Å². The highest BCUT2D eigenvalue weighted by atomic mass is 32.2. The molecule has 0 aliphatic carbocycles. The van der Waals surface area contributed by atoms with Crippen LogP contribution in [0.2, 0.25) is 0 Å². The molecule has 6 nitrogen and oxygen atoms in total. The minimum atomic E-state index is -3.54. The predicted octanol–water partition coefficient (Wildman–Crippen LogP) is 1.62. The normalized spacial score (nSPS) is 13.1. The number of nitrogens with two attached hydrogens (primary N) is 1. The van der Waals surface area contributed by atoms with Crippen molar-refractivity contribution >= 4 is 15.9 Å². The van der Waals surface area contributed by atoms with Gasteiger partial charge < -0.3 is 11.1 Å². The van der Waals surface area contributed by atoms with Crippen LogP contribution in [0.4, 0.5) is 0 Å². The van der Waals surface area contributed by atoms with Gasteiger partial charge in [0.2, 0.25) is 10.0 Å². The summed E-state index contributed by atoms with van der Waals surface area (Å²) in [5, 5.41) is 2.88. The molecular weight excluding hydrogens is 314 g/mol. The maximum Gasteiger partial charge on any atom is 0.251 e. The number of carbonyl (C=O) groups excluding carboxylic acids is 1. The van der Waals surface area contributed by atoms with Crippen LogP contribution in [-0.2, 0) is 10.0 Å². The Morgan fingerprint density at radius 3 is 2.30 bits per heavy atom. The highest BCUT2D eigenvalue weighted by molar-refractivity contribution is 7.89. The van der Waals surface area contributed by atoms with E-state index in [1.807, 2.05) is 0 Å². The molecule has 1 aromatic carbocycles. The molecule has 0 saturated carbocycles. The Hall–Kier alpha value is -1.44. The second-order valence-corrected chi connectivity index (χ2v) is 7.56. The van der Waals surface area contributed by atoms with E-state index in [1.54, 1.807) is 13.8 Å². The van der Waals surface area contributed by atoms with Crippen molar-refractivity contribution in [1.82, 2.24) is 10.0 Å². The van der Waals surface area contributed by atoms with Gasteiger partial charge in [0.15, 0.2) is 0 Å². The molecule has 0 heterocycles. The zero-order chi connectivity index (χ0) is 17.5. The molecule has 0 spiro atoms. The van der Waals surface area contributed by atoms with E-state index < -0.39 is 10.0 Å². The molecule has 0 radical (unpaired) electrons. The molecular formula is C16H27N3O3S. The Bertz CT molecular complexity index is 598. The number of benzene rings is 1. The van der Waals surface area contributed by atoms with Crippen molar-refractivity contribution in [2.75, 3.05) is 6.54 Å².